The topological polar surface area (TPSA) is 43.1 Å². The summed E-state index contributed by atoms with van der Waals surface area (Å²) in [6, 6.07) is 7.93. The van der Waals surface area contributed by atoms with Crippen LogP contribution in [-0.2, 0) is 0 Å². The van der Waals surface area contributed by atoms with E-state index in [0.717, 1.165) is 0 Å². The second kappa shape index (κ2) is 4.98. The fourth-order valence-electron chi connectivity index (χ4n) is 0.550. The normalized spacial score (nSPS) is 8.00. The van der Waals surface area contributed by atoms with Crippen molar-refractivity contribution in [2.45, 2.75) is 0 Å². The van der Waals surface area contributed by atoms with Crippen molar-refractivity contribution in [3.63, 3.8) is 0 Å². The number of hydrogen-bond donors (Lipinski definition) is 0. The molecule has 0 spiro atoms. The molecule has 0 aliphatic carbocycles. The summed E-state index contributed by atoms with van der Waals surface area (Å²) in [4.78, 5) is 9.59. The molecule has 0 atom stereocenters. The van der Waals surface area contributed by atoms with Crippen molar-refractivity contribution < 1.29 is 57.7 Å². The number of nitrogens with zero attached hydrogens (tertiary/aromatic N) is 1. The first-order chi connectivity index (χ1) is 4.30. The van der Waals surface area contributed by atoms with Crippen LogP contribution in [0.5, 0.6) is 0 Å². The van der Waals surface area contributed by atoms with Gasteiger partial charge in [0.1, 0.15) is 0 Å². The summed E-state index contributed by atoms with van der Waals surface area (Å²) in [5.74, 6) is 0. The van der Waals surface area contributed by atoms with E-state index in [0.29, 0.717) is 0 Å². The second-order valence-electron chi connectivity index (χ2n) is 1.59. The maximum atomic E-state index is 10.0. The van der Waals surface area contributed by atoms with Gasteiger partial charge in [-0.05, 0) is 0 Å². The predicted molar refractivity (Wildman–Crippen MR) is 34.2 cm³/mol. The van der Waals surface area contributed by atoms with E-state index < -0.39 is 4.92 Å². The SMILES string of the molecule is O=[N+]([O-])c1ccccc1.[H-].[K+]. The molecule has 0 saturated carbocycles. The molecule has 0 bridgehead atoms. The fourth-order valence-corrected chi connectivity index (χ4v) is 0.550. The zero-order valence-electron chi connectivity index (χ0n) is 6.65. The van der Waals surface area contributed by atoms with Crippen molar-refractivity contribution in [2.75, 3.05) is 0 Å². The van der Waals surface area contributed by atoms with Gasteiger partial charge in [-0.1, -0.05) is 18.2 Å². The summed E-state index contributed by atoms with van der Waals surface area (Å²) in [7, 11) is 0. The monoisotopic (exact) mass is 163 g/mol. The molecule has 0 aromatic heterocycles. The summed E-state index contributed by atoms with van der Waals surface area (Å²) in [5, 5.41) is 10.0. The van der Waals surface area contributed by atoms with Crippen LogP contribution in [-0.4, -0.2) is 4.92 Å². The van der Waals surface area contributed by atoms with Crippen LogP contribution < -0.4 is 51.4 Å². The maximum absolute atomic E-state index is 10.0. The number of non-ortho nitro benzene ring substituents is 1. The molecular weight excluding hydrogens is 157 g/mol. The van der Waals surface area contributed by atoms with Crippen molar-refractivity contribution in [3.8, 4) is 0 Å². The van der Waals surface area contributed by atoms with Gasteiger partial charge in [0, 0.05) is 12.1 Å². The van der Waals surface area contributed by atoms with Crippen molar-refractivity contribution in [1.82, 2.24) is 0 Å². The molecule has 0 amide bonds. The van der Waals surface area contributed by atoms with Gasteiger partial charge in [-0.15, -0.1) is 0 Å². The molecule has 0 fully saturated rings. The molecule has 4 heteroatoms. The Bertz CT molecular complexity index is 217. The number of nitro groups is 1. The molecule has 10 heavy (non-hydrogen) atoms. The van der Waals surface area contributed by atoms with Crippen molar-refractivity contribution in [3.05, 3.63) is 40.4 Å². The number of para-hydroxylation sites is 1. The van der Waals surface area contributed by atoms with Crippen LogP contribution >= 0.6 is 0 Å². The Balaban J connectivity index is 0. The van der Waals surface area contributed by atoms with Crippen LogP contribution in [0.25, 0.3) is 0 Å². The van der Waals surface area contributed by atoms with E-state index in [4.69, 9.17) is 0 Å². The molecule has 0 N–H and O–H groups in total. The van der Waals surface area contributed by atoms with Crippen LogP contribution in [0.3, 0.4) is 0 Å². The van der Waals surface area contributed by atoms with Gasteiger partial charge in [0.15, 0.2) is 0 Å². The van der Waals surface area contributed by atoms with Gasteiger partial charge in [-0.3, -0.25) is 10.1 Å². The first kappa shape index (κ1) is 10.3. The minimum absolute atomic E-state index is 0. The van der Waals surface area contributed by atoms with Gasteiger partial charge in [0.2, 0.25) is 0 Å². The van der Waals surface area contributed by atoms with Crippen LogP contribution in [0.15, 0.2) is 30.3 Å². The molecule has 0 aliphatic heterocycles. The molecule has 1 aromatic rings. The molecule has 0 heterocycles. The molecule has 1 rings (SSSR count). The molecule has 0 saturated heterocycles. The Morgan fingerprint density at radius 2 is 1.80 bits per heavy atom. The van der Waals surface area contributed by atoms with Gasteiger partial charge in [-0.25, -0.2) is 0 Å². The summed E-state index contributed by atoms with van der Waals surface area (Å²) in [5.41, 5.74) is 0.137. The largest absolute Gasteiger partial charge is 1.00 e. The molecule has 1 aromatic carbocycles. The van der Waals surface area contributed by atoms with Crippen molar-refractivity contribution >= 4 is 5.69 Å². The third kappa shape index (κ3) is 2.89. The molecule has 48 valence electrons. The van der Waals surface area contributed by atoms with Gasteiger partial charge in [0.05, 0.1) is 4.92 Å². The minimum Gasteiger partial charge on any atom is -1.00 e. The Morgan fingerprint density at radius 3 is 2.10 bits per heavy atom. The van der Waals surface area contributed by atoms with Gasteiger partial charge >= 0.3 is 51.4 Å². The summed E-state index contributed by atoms with van der Waals surface area (Å²) in [6.45, 7) is 0. The number of rotatable bonds is 1. The van der Waals surface area contributed by atoms with Crippen LogP contribution in [0, 0.1) is 10.1 Å². The van der Waals surface area contributed by atoms with Crippen LogP contribution in [0.2, 0.25) is 0 Å². The molecule has 0 unspecified atom stereocenters. The van der Waals surface area contributed by atoms with Crippen molar-refractivity contribution in [2.24, 2.45) is 0 Å². The average Bonchev–Trinajstić information content (AvgIpc) is 1.90. The predicted octanol–water partition coefficient (Wildman–Crippen LogP) is -1.29. The van der Waals surface area contributed by atoms with Crippen LogP contribution in [0.1, 0.15) is 1.43 Å². The molecule has 0 radical (unpaired) electrons. The Labute approximate surface area is 102 Å². The Morgan fingerprint density at radius 1 is 1.30 bits per heavy atom. The van der Waals surface area contributed by atoms with Gasteiger partial charge in [0.25, 0.3) is 5.69 Å². The smallest absolute Gasteiger partial charge is 1.00 e. The number of benzene rings is 1. The zero-order chi connectivity index (χ0) is 6.69. The minimum atomic E-state index is -0.417. The van der Waals surface area contributed by atoms with E-state index in [2.05, 4.69) is 0 Å². The fraction of sp³-hybridized carbons (Fsp3) is 0. The van der Waals surface area contributed by atoms with Gasteiger partial charge < -0.3 is 1.43 Å². The quantitative estimate of drug-likeness (QED) is 0.294. The maximum Gasteiger partial charge on any atom is 1.00 e. The van der Waals surface area contributed by atoms with Crippen LogP contribution in [0.4, 0.5) is 5.69 Å². The number of hydrogen-bond acceptors (Lipinski definition) is 2. The van der Waals surface area contributed by atoms with E-state index in [9.17, 15) is 10.1 Å². The summed E-state index contributed by atoms with van der Waals surface area (Å²) in [6.07, 6.45) is 0. The standard InChI is InChI=1S/C6H5NO2.K.H/c8-7(9)6-4-2-1-3-5-6;;/h1-5H;;/q;+1;-1. The second-order valence-corrected chi connectivity index (χ2v) is 1.59. The van der Waals surface area contributed by atoms with E-state index in [1.165, 1.54) is 12.1 Å². The molecular formula is C6H6KNO2. The number of nitro benzene ring substituents is 1. The average molecular weight is 163 g/mol. The summed E-state index contributed by atoms with van der Waals surface area (Å²) < 4.78 is 0. The Kier molecular flexibility index (Phi) is 5.11. The zero-order valence-corrected chi connectivity index (χ0v) is 8.77. The first-order valence-electron chi connectivity index (χ1n) is 2.50. The summed E-state index contributed by atoms with van der Waals surface area (Å²) >= 11 is 0. The van der Waals surface area contributed by atoms with E-state index >= 15 is 0 Å². The van der Waals surface area contributed by atoms with E-state index in [-0.39, 0.29) is 58.5 Å². The Hall–Kier alpha value is 0.256. The van der Waals surface area contributed by atoms with E-state index in [1.807, 2.05) is 0 Å². The van der Waals surface area contributed by atoms with Gasteiger partial charge in [-0.2, -0.15) is 0 Å². The molecule has 3 nitrogen and oxygen atoms in total. The molecule has 0 aliphatic rings. The van der Waals surface area contributed by atoms with Crippen molar-refractivity contribution in [1.29, 1.82) is 0 Å². The third-order valence-electron chi connectivity index (χ3n) is 0.967. The first-order valence-corrected chi connectivity index (χ1v) is 2.50. The third-order valence-corrected chi connectivity index (χ3v) is 0.967. The van der Waals surface area contributed by atoms with E-state index in [1.54, 1.807) is 18.2 Å².